The summed E-state index contributed by atoms with van der Waals surface area (Å²) < 4.78 is 42.5. The number of halogens is 4. The SMILES string of the molecule is CC(Sc1nnc(-c2cccc(Cl)c2)n1-c1ccccc1C(F)(F)F)C(=O)N(C)C. The van der Waals surface area contributed by atoms with E-state index in [1.54, 1.807) is 45.3 Å². The maximum atomic E-state index is 13.7. The lowest BCUT2D eigenvalue weighted by Gasteiger charge is -2.19. The van der Waals surface area contributed by atoms with Crippen molar-refractivity contribution in [2.24, 2.45) is 0 Å². The summed E-state index contributed by atoms with van der Waals surface area (Å²) in [6.45, 7) is 1.67. The third-order valence-corrected chi connectivity index (χ3v) is 5.50. The van der Waals surface area contributed by atoms with Crippen LogP contribution in [0, 0.1) is 0 Å². The largest absolute Gasteiger partial charge is 0.418 e. The molecule has 0 bridgehead atoms. The second kappa shape index (κ2) is 8.69. The van der Waals surface area contributed by atoms with Crippen LogP contribution in [0.25, 0.3) is 17.1 Å². The molecule has 0 saturated carbocycles. The monoisotopic (exact) mass is 454 g/mol. The van der Waals surface area contributed by atoms with Crippen molar-refractivity contribution in [1.82, 2.24) is 19.7 Å². The lowest BCUT2D eigenvalue weighted by Crippen LogP contribution is -2.29. The molecule has 0 spiro atoms. The number of hydrogen-bond acceptors (Lipinski definition) is 4. The molecule has 0 aliphatic rings. The van der Waals surface area contributed by atoms with Crippen molar-refractivity contribution in [3.05, 3.63) is 59.1 Å². The molecule has 3 aromatic rings. The van der Waals surface area contributed by atoms with Crippen LogP contribution in [0.5, 0.6) is 0 Å². The molecular formula is C20H18ClF3N4OS. The average molecular weight is 455 g/mol. The van der Waals surface area contributed by atoms with Crippen molar-refractivity contribution in [1.29, 1.82) is 0 Å². The lowest BCUT2D eigenvalue weighted by molar-refractivity contribution is -0.137. The number of nitrogens with zero attached hydrogens (tertiary/aromatic N) is 4. The van der Waals surface area contributed by atoms with Crippen molar-refractivity contribution in [3.8, 4) is 17.1 Å². The molecule has 1 atom stereocenters. The number of aromatic nitrogens is 3. The minimum atomic E-state index is -4.58. The van der Waals surface area contributed by atoms with E-state index in [9.17, 15) is 18.0 Å². The highest BCUT2D eigenvalue weighted by molar-refractivity contribution is 8.00. The highest BCUT2D eigenvalue weighted by Gasteiger charge is 2.35. The summed E-state index contributed by atoms with van der Waals surface area (Å²) >= 11 is 7.11. The Bertz CT molecular complexity index is 1070. The average Bonchev–Trinajstić information content (AvgIpc) is 3.10. The Labute approximate surface area is 180 Å². The van der Waals surface area contributed by atoms with Gasteiger partial charge in [-0.1, -0.05) is 47.6 Å². The molecule has 10 heteroatoms. The van der Waals surface area contributed by atoms with E-state index >= 15 is 0 Å². The number of para-hydroxylation sites is 1. The topological polar surface area (TPSA) is 51.0 Å². The maximum Gasteiger partial charge on any atom is 0.418 e. The molecule has 5 nitrogen and oxygen atoms in total. The summed E-state index contributed by atoms with van der Waals surface area (Å²) in [6.07, 6.45) is -4.58. The predicted octanol–water partition coefficient (Wildman–Crippen LogP) is 5.18. The van der Waals surface area contributed by atoms with Crippen LogP contribution in [0.15, 0.2) is 53.7 Å². The van der Waals surface area contributed by atoms with Gasteiger partial charge in [0.05, 0.1) is 16.5 Å². The molecule has 0 radical (unpaired) electrons. The van der Waals surface area contributed by atoms with Gasteiger partial charge in [0, 0.05) is 24.7 Å². The minimum Gasteiger partial charge on any atom is -0.348 e. The number of thioether (sulfide) groups is 1. The van der Waals surface area contributed by atoms with Gasteiger partial charge in [-0.3, -0.25) is 9.36 Å². The van der Waals surface area contributed by atoms with E-state index < -0.39 is 17.0 Å². The molecule has 0 N–H and O–H groups in total. The zero-order valence-corrected chi connectivity index (χ0v) is 17.9. The van der Waals surface area contributed by atoms with Gasteiger partial charge in [-0.05, 0) is 31.2 Å². The van der Waals surface area contributed by atoms with Crippen molar-refractivity contribution in [2.45, 2.75) is 23.5 Å². The van der Waals surface area contributed by atoms with Gasteiger partial charge in [0.2, 0.25) is 5.91 Å². The normalized spacial score (nSPS) is 12.6. The summed E-state index contributed by atoms with van der Waals surface area (Å²) in [5.41, 5.74) is -0.455. The second-order valence-corrected chi connectivity index (χ2v) is 8.40. The van der Waals surface area contributed by atoms with Crippen molar-refractivity contribution < 1.29 is 18.0 Å². The Hall–Kier alpha value is -2.52. The van der Waals surface area contributed by atoms with Crippen molar-refractivity contribution in [3.63, 3.8) is 0 Å². The quantitative estimate of drug-likeness (QED) is 0.499. The highest BCUT2D eigenvalue weighted by Crippen LogP contribution is 2.38. The number of benzene rings is 2. The number of hydrogen-bond donors (Lipinski definition) is 0. The fraction of sp³-hybridized carbons (Fsp3) is 0.250. The molecule has 1 unspecified atom stereocenters. The Morgan fingerprint density at radius 2 is 1.83 bits per heavy atom. The number of carbonyl (C=O) groups excluding carboxylic acids is 1. The Morgan fingerprint density at radius 1 is 1.13 bits per heavy atom. The van der Waals surface area contributed by atoms with Gasteiger partial charge in [-0.15, -0.1) is 10.2 Å². The Balaban J connectivity index is 2.21. The van der Waals surface area contributed by atoms with Crippen LogP contribution in [0.3, 0.4) is 0 Å². The van der Waals surface area contributed by atoms with E-state index in [0.717, 1.165) is 17.8 Å². The molecule has 0 aliphatic heterocycles. The zero-order valence-electron chi connectivity index (χ0n) is 16.3. The van der Waals surface area contributed by atoms with Crippen LogP contribution in [0.1, 0.15) is 12.5 Å². The van der Waals surface area contributed by atoms with Crippen LogP contribution >= 0.6 is 23.4 Å². The van der Waals surface area contributed by atoms with Crippen LogP contribution < -0.4 is 0 Å². The summed E-state index contributed by atoms with van der Waals surface area (Å²) in [5.74, 6) is 0.00386. The molecule has 158 valence electrons. The molecule has 1 heterocycles. The first-order valence-electron chi connectivity index (χ1n) is 8.85. The molecule has 30 heavy (non-hydrogen) atoms. The predicted molar refractivity (Wildman–Crippen MR) is 111 cm³/mol. The molecule has 2 aromatic carbocycles. The number of alkyl halides is 3. The standard InChI is InChI=1S/C20H18ClF3N4OS/c1-12(18(29)27(2)3)30-19-26-25-17(13-7-6-8-14(21)11-13)28(19)16-10-5-4-9-15(16)20(22,23)24/h4-12H,1-3H3. The van der Waals surface area contributed by atoms with E-state index in [4.69, 9.17) is 11.6 Å². The third kappa shape index (κ3) is 4.62. The van der Waals surface area contributed by atoms with Gasteiger partial charge in [0.1, 0.15) is 0 Å². The molecule has 0 fully saturated rings. The molecule has 3 rings (SSSR count). The van der Waals surface area contributed by atoms with E-state index in [1.807, 2.05) is 0 Å². The van der Waals surface area contributed by atoms with E-state index in [-0.39, 0.29) is 22.6 Å². The number of carbonyl (C=O) groups is 1. The van der Waals surface area contributed by atoms with Gasteiger partial charge >= 0.3 is 6.18 Å². The molecule has 1 amide bonds. The first-order valence-corrected chi connectivity index (χ1v) is 10.1. The van der Waals surface area contributed by atoms with Crippen LogP contribution in [-0.2, 0) is 11.0 Å². The van der Waals surface area contributed by atoms with Gasteiger partial charge in [-0.25, -0.2) is 0 Å². The minimum absolute atomic E-state index is 0.128. The maximum absolute atomic E-state index is 13.7. The molecule has 1 aromatic heterocycles. The fourth-order valence-electron chi connectivity index (χ4n) is 2.86. The van der Waals surface area contributed by atoms with E-state index in [0.29, 0.717) is 10.6 Å². The van der Waals surface area contributed by atoms with E-state index in [1.165, 1.54) is 27.7 Å². The van der Waals surface area contributed by atoms with Crippen molar-refractivity contribution >= 4 is 29.3 Å². The first kappa shape index (κ1) is 22.2. The molecule has 0 saturated heterocycles. The second-order valence-electron chi connectivity index (χ2n) is 6.66. The van der Waals surface area contributed by atoms with Crippen LogP contribution in [0.4, 0.5) is 13.2 Å². The molecular weight excluding hydrogens is 437 g/mol. The zero-order chi connectivity index (χ0) is 22.1. The third-order valence-electron chi connectivity index (χ3n) is 4.24. The summed E-state index contributed by atoms with van der Waals surface area (Å²) in [5, 5.41) is 8.23. The molecule has 0 aliphatic carbocycles. The number of amides is 1. The summed E-state index contributed by atoms with van der Waals surface area (Å²) in [7, 11) is 3.22. The van der Waals surface area contributed by atoms with Crippen LogP contribution in [0.2, 0.25) is 5.02 Å². The van der Waals surface area contributed by atoms with Gasteiger partial charge in [0.15, 0.2) is 11.0 Å². The highest BCUT2D eigenvalue weighted by atomic mass is 35.5. The fourth-order valence-corrected chi connectivity index (χ4v) is 4.05. The number of rotatable bonds is 5. The Morgan fingerprint density at radius 3 is 2.47 bits per heavy atom. The summed E-state index contributed by atoms with van der Waals surface area (Å²) in [6, 6.07) is 11.8. The van der Waals surface area contributed by atoms with Crippen LogP contribution in [-0.4, -0.2) is 44.9 Å². The van der Waals surface area contributed by atoms with Gasteiger partial charge < -0.3 is 4.90 Å². The van der Waals surface area contributed by atoms with Gasteiger partial charge in [0.25, 0.3) is 0 Å². The summed E-state index contributed by atoms with van der Waals surface area (Å²) in [4.78, 5) is 13.7. The lowest BCUT2D eigenvalue weighted by atomic mass is 10.1. The van der Waals surface area contributed by atoms with E-state index in [2.05, 4.69) is 10.2 Å². The van der Waals surface area contributed by atoms with Gasteiger partial charge in [-0.2, -0.15) is 13.2 Å². The van der Waals surface area contributed by atoms with Crippen molar-refractivity contribution in [2.75, 3.05) is 14.1 Å². The Kier molecular flexibility index (Phi) is 6.42. The first-order chi connectivity index (χ1) is 14.1. The smallest absolute Gasteiger partial charge is 0.348 e.